The molecule has 0 amide bonds. The summed E-state index contributed by atoms with van der Waals surface area (Å²) in [6.07, 6.45) is 2.60. The quantitative estimate of drug-likeness (QED) is 0.688. The number of pyridine rings is 1. The smallest absolute Gasteiger partial charge is 0.336 e. The fourth-order valence-electron chi connectivity index (χ4n) is 3.68. The third-order valence-electron chi connectivity index (χ3n) is 5.37. The molecular weight excluding hydrogens is 388 g/mol. The van der Waals surface area contributed by atoms with Gasteiger partial charge in [-0.1, -0.05) is 31.2 Å². The van der Waals surface area contributed by atoms with Crippen LogP contribution >= 0.6 is 0 Å². The van der Waals surface area contributed by atoms with Crippen LogP contribution in [0.5, 0.6) is 0 Å². The lowest BCUT2D eigenvalue weighted by Gasteiger charge is -2.16. The molecule has 2 aromatic carbocycles. The molecule has 1 aliphatic rings. The van der Waals surface area contributed by atoms with E-state index in [1.54, 1.807) is 6.07 Å². The largest absolute Gasteiger partial charge is 0.478 e. The maximum absolute atomic E-state index is 12.9. The van der Waals surface area contributed by atoms with Crippen molar-refractivity contribution in [3.63, 3.8) is 0 Å². The first-order chi connectivity index (χ1) is 13.9. The van der Waals surface area contributed by atoms with Crippen LogP contribution in [0.1, 0.15) is 35.7 Å². The predicted octanol–water partition coefficient (Wildman–Crippen LogP) is 3.95. The lowest BCUT2D eigenvalue weighted by atomic mass is 10.0. The molecule has 1 N–H and O–H groups in total. The molecule has 6 nitrogen and oxygen atoms in total. The predicted molar refractivity (Wildman–Crippen MR) is 112 cm³/mol. The summed E-state index contributed by atoms with van der Waals surface area (Å²) < 4.78 is 27.2. The Labute approximate surface area is 169 Å². The SMILES string of the molecule is CCc1ccc(-c2cc(C(=O)O)c3cc(S(=O)(=O)N4CCCC4)ccc3n2)cc1. The summed E-state index contributed by atoms with van der Waals surface area (Å²) in [5, 5.41) is 10.1. The third-order valence-corrected chi connectivity index (χ3v) is 7.27. The van der Waals surface area contributed by atoms with Crippen LogP contribution in [0.3, 0.4) is 0 Å². The summed E-state index contributed by atoms with van der Waals surface area (Å²) in [6, 6.07) is 13.9. The average Bonchev–Trinajstić information content (AvgIpc) is 3.28. The van der Waals surface area contributed by atoms with Gasteiger partial charge in [-0.05, 0) is 49.1 Å². The standard InChI is InChI=1S/C22H22N2O4S/c1-2-15-5-7-16(8-6-15)21-14-19(22(25)26)18-13-17(9-10-20(18)23-21)29(27,28)24-11-3-4-12-24/h5-10,13-14H,2-4,11-12H2,1H3,(H,25,26). The van der Waals surface area contributed by atoms with Crippen molar-refractivity contribution in [2.45, 2.75) is 31.1 Å². The van der Waals surface area contributed by atoms with E-state index in [1.807, 2.05) is 24.3 Å². The van der Waals surface area contributed by atoms with Gasteiger partial charge < -0.3 is 5.11 Å². The highest BCUT2D eigenvalue weighted by Crippen LogP contribution is 2.29. The van der Waals surface area contributed by atoms with Crippen LogP contribution in [0.15, 0.2) is 53.4 Å². The van der Waals surface area contributed by atoms with E-state index in [-0.39, 0.29) is 10.5 Å². The van der Waals surface area contributed by atoms with Gasteiger partial charge in [0.1, 0.15) is 0 Å². The van der Waals surface area contributed by atoms with Gasteiger partial charge in [-0.2, -0.15) is 4.31 Å². The molecular formula is C22H22N2O4S. The molecule has 29 heavy (non-hydrogen) atoms. The first kappa shape index (κ1) is 19.5. The minimum absolute atomic E-state index is 0.0445. The molecule has 2 heterocycles. The van der Waals surface area contributed by atoms with Gasteiger partial charge in [0, 0.05) is 24.0 Å². The Balaban J connectivity index is 1.84. The molecule has 1 aromatic heterocycles. The highest BCUT2D eigenvalue weighted by molar-refractivity contribution is 7.89. The number of hydrogen-bond acceptors (Lipinski definition) is 4. The number of rotatable bonds is 5. The van der Waals surface area contributed by atoms with E-state index >= 15 is 0 Å². The van der Waals surface area contributed by atoms with Gasteiger partial charge in [-0.25, -0.2) is 18.2 Å². The summed E-state index contributed by atoms with van der Waals surface area (Å²) in [6.45, 7) is 3.06. The van der Waals surface area contributed by atoms with Gasteiger partial charge in [-0.3, -0.25) is 0 Å². The number of benzene rings is 2. The summed E-state index contributed by atoms with van der Waals surface area (Å²) in [4.78, 5) is 16.6. The second kappa shape index (κ2) is 7.57. The summed E-state index contributed by atoms with van der Waals surface area (Å²) in [5.41, 5.74) is 3.06. The minimum atomic E-state index is -3.63. The lowest BCUT2D eigenvalue weighted by molar-refractivity contribution is 0.0699. The third kappa shape index (κ3) is 3.63. The number of aromatic carboxylic acids is 1. The highest BCUT2D eigenvalue weighted by Gasteiger charge is 2.28. The van der Waals surface area contributed by atoms with Crippen LogP contribution in [0, 0.1) is 0 Å². The van der Waals surface area contributed by atoms with Crippen LogP contribution in [0.2, 0.25) is 0 Å². The normalized spacial score (nSPS) is 15.1. The van der Waals surface area contributed by atoms with Crippen LogP contribution in [0.4, 0.5) is 0 Å². The van der Waals surface area contributed by atoms with Crippen LogP contribution < -0.4 is 0 Å². The Morgan fingerprint density at radius 2 is 1.76 bits per heavy atom. The van der Waals surface area contributed by atoms with Crippen LogP contribution in [-0.2, 0) is 16.4 Å². The first-order valence-electron chi connectivity index (χ1n) is 9.67. The Kier molecular flexibility index (Phi) is 5.10. The summed E-state index contributed by atoms with van der Waals surface area (Å²) in [5.74, 6) is -1.11. The number of carboxylic acids is 1. The van der Waals surface area contributed by atoms with Crippen molar-refractivity contribution in [1.29, 1.82) is 0 Å². The van der Waals surface area contributed by atoms with Gasteiger partial charge in [0.15, 0.2) is 0 Å². The zero-order chi connectivity index (χ0) is 20.6. The van der Waals surface area contributed by atoms with Crippen molar-refractivity contribution in [3.8, 4) is 11.3 Å². The van der Waals surface area contributed by atoms with Crippen molar-refractivity contribution in [2.75, 3.05) is 13.1 Å². The highest BCUT2D eigenvalue weighted by atomic mass is 32.2. The minimum Gasteiger partial charge on any atom is -0.478 e. The molecule has 0 saturated carbocycles. The van der Waals surface area contributed by atoms with Gasteiger partial charge in [-0.15, -0.1) is 0 Å². The van der Waals surface area contributed by atoms with Crippen LogP contribution in [0.25, 0.3) is 22.2 Å². The maximum Gasteiger partial charge on any atom is 0.336 e. The maximum atomic E-state index is 12.9. The lowest BCUT2D eigenvalue weighted by Crippen LogP contribution is -2.27. The van der Waals surface area contributed by atoms with Crippen molar-refractivity contribution < 1.29 is 18.3 Å². The number of aryl methyl sites for hydroxylation is 1. The Bertz CT molecular complexity index is 1180. The topological polar surface area (TPSA) is 87.6 Å². The van der Waals surface area contributed by atoms with Crippen molar-refractivity contribution in [3.05, 3.63) is 59.7 Å². The van der Waals surface area contributed by atoms with E-state index in [9.17, 15) is 18.3 Å². The number of hydrogen-bond donors (Lipinski definition) is 1. The number of sulfonamides is 1. The second-order valence-electron chi connectivity index (χ2n) is 7.20. The number of carbonyl (C=O) groups is 1. The Morgan fingerprint density at radius 1 is 1.07 bits per heavy atom. The fraction of sp³-hybridized carbons (Fsp3) is 0.273. The number of aromatic nitrogens is 1. The molecule has 3 aromatic rings. The molecule has 4 rings (SSSR count). The zero-order valence-corrected chi connectivity index (χ0v) is 16.9. The van der Waals surface area contributed by atoms with Gasteiger partial charge in [0.2, 0.25) is 10.0 Å². The fourth-order valence-corrected chi connectivity index (χ4v) is 5.22. The molecule has 0 bridgehead atoms. The van der Waals surface area contributed by atoms with Crippen LogP contribution in [-0.4, -0.2) is 41.9 Å². The Hall–Kier alpha value is -2.77. The molecule has 0 aliphatic carbocycles. The van der Waals surface area contributed by atoms with E-state index in [2.05, 4.69) is 11.9 Å². The van der Waals surface area contributed by atoms with E-state index in [1.165, 1.54) is 28.1 Å². The summed E-state index contributed by atoms with van der Waals surface area (Å²) in [7, 11) is -3.63. The number of fused-ring (bicyclic) bond motifs is 1. The first-order valence-corrected chi connectivity index (χ1v) is 11.1. The number of carboxylic acid groups (broad SMARTS) is 1. The number of nitrogens with zero attached hydrogens (tertiary/aromatic N) is 2. The Morgan fingerprint density at radius 3 is 2.38 bits per heavy atom. The van der Waals surface area contributed by atoms with E-state index < -0.39 is 16.0 Å². The molecule has 1 saturated heterocycles. The van der Waals surface area contributed by atoms with E-state index in [4.69, 9.17) is 0 Å². The molecule has 0 spiro atoms. The van der Waals surface area contributed by atoms with E-state index in [0.29, 0.717) is 29.7 Å². The van der Waals surface area contributed by atoms with Crippen molar-refractivity contribution in [1.82, 2.24) is 9.29 Å². The molecule has 7 heteroatoms. The molecule has 0 atom stereocenters. The van der Waals surface area contributed by atoms with Crippen molar-refractivity contribution in [2.24, 2.45) is 0 Å². The monoisotopic (exact) mass is 410 g/mol. The second-order valence-corrected chi connectivity index (χ2v) is 9.14. The van der Waals surface area contributed by atoms with Crippen molar-refractivity contribution >= 4 is 26.9 Å². The molecule has 0 radical (unpaired) electrons. The molecule has 1 fully saturated rings. The molecule has 0 unspecified atom stereocenters. The van der Waals surface area contributed by atoms with Gasteiger partial charge in [0.25, 0.3) is 0 Å². The summed E-state index contributed by atoms with van der Waals surface area (Å²) >= 11 is 0. The zero-order valence-electron chi connectivity index (χ0n) is 16.1. The average molecular weight is 410 g/mol. The molecule has 1 aliphatic heterocycles. The van der Waals surface area contributed by atoms with E-state index in [0.717, 1.165) is 24.8 Å². The molecule has 150 valence electrons. The van der Waals surface area contributed by atoms with Gasteiger partial charge >= 0.3 is 5.97 Å². The van der Waals surface area contributed by atoms with Gasteiger partial charge in [0.05, 0.1) is 21.7 Å².